The normalized spacial score (nSPS) is 10.9. The lowest BCUT2D eigenvalue weighted by molar-refractivity contribution is 0.246. The van der Waals surface area contributed by atoms with Crippen LogP contribution >= 0.6 is 0 Å². The molecule has 3 aromatic carbocycles. The quantitative estimate of drug-likeness (QED) is 0.341. The van der Waals surface area contributed by atoms with Crippen molar-refractivity contribution in [2.75, 3.05) is 14.2 Å². The highest BCUT2D eigenvalue weighted by Gasteiger charge is 2.22. The second-order valence-corrected chi connectivity index (χ2v) is 8.11. The molecule has 1 heterocycles. The van der Waals surface area contributed by atoms with Gasteiger partial charge in [0.2, 0.25) is 0 Å². The zero-order valence-corrected chi connectivity index (χ0v) is 20.4. The van der Waals surface area contributed by atoms with E-state index >= 15 is 4.39 Å². The molecule has 0 fully saturated rings. The van der Waals surface area contributed by atoms with E-state index in [-0.39, 0.29) is 35.7 Å². The first-order chi connectivity index (χ1) is 17.5. The van der Waals surface area contributed by atoms with E-state index in [2.05, 4.69) is 0 Å². The number of methoxy groups -OCH3 is 2. The second kappa shape index (κ2) is 11.1. The molecule has 7 nitrogen and oxygen atoms in total. The summed E-state index contributed by atoms with van der Waals surface area (Å²) in [7, 11) is 3.16. The molecule has 0 aliphatic rings. The van der Waals surface area contributed by atoms with Gasteiger partial charge in [-0.05, 0) is 42.3 Å². The Hall–Kier alpha value is -4.04. The molecule has 0 bridgehead atoms. The fraction of sp³-hybridized carbons (Fsp3) is 0.250. The summed E-state index contributed by atoms with van der Waals surface area (Å²) in [5.74, 6) is 0.582. The van der Waals surface area contributed by atoms with Crippen LogP contribution in [-0.2, 0) is 26.4 Å². The molecule has 188 valence electrons. The molecule has 4 rings (SSSR count). The summed E-state index contributed by atoms with van der Waals surface area (Å²) in [5, 5.41) is 9.50. The average molecular weight is 494 g/mol. The number of fused-ring (bicyclic) bond motifs is 1. The predicted octanol–water partition coefficient (Wildman–Crippen LogP) is 4.83. The highest BCUT2D eigenvalue weighted by Crippen LogP contribution is 2.37. The topological polar surface area (TPSA) is 79.2 Å². The lowest BCUT2D eigenvalue weighted by Crippen LogP contribution is -2.17. The van der Waals surface area contributed by atoms with Crippen molar-refractivity contribution in [1.29, 1.82) is 0 Å². The molecule has 0 saturated carbocycles. The Morgan fingerprint density at radius 2 is 1.44 bits per heavy atom. The van der Waals surface area contributed by atoms with E-state index in [4.69, 9.17) is 18.9 Å². The Labute approximate surface area is 208 Å². The van der Waals surface area contributed by atoms with E-state index in [1.807, 2.05) is 43.3 Å². The van der Waals surface area contributed by atoms with Crippen molar-refractivity contribution >= 4 is 10.9 Å². The van der Waals surface area contributed by atoms with Crippen LogP contribution in [0.4, 0.5) is 4.39 Å². The van der Waals surface area contributed by atoms with Crippen molar-refractivity contribution in [3.63, 3.8) is 0 Å². The van der Waals surface area contributed by atoms with Crippen LogP contribution < -0.4 is 24.4 Å². The van der Waals surface area contributed by atoms with Crippen LogP contribution in [-0.4, -0.2) is 23.9 Å². The standard InChI is InChI=1S/C28H28FNO6/c1-4-30-14-20(15-31)27(32)25-23(30)13-24(35-16-18-5-9-21(33-2)10-6-18)28(26(25)29)36-17-19-7-11-22(34-3)12-8-19/h5-14,31H,4,15-17H2,1-3H3. The largest absolute Gasteiger partial charge is 0.497 e. The number of halogens is 1. The summed E-state index contributed by atoms with van der Waals surface area (Å²) in [6, 6.07) is 16.1. The molecule has 1 aromatic heterocycles. The highest BCUT2D eigenvalue weighted by atomic mass is 19.1. The first-order valence-electron chi connectivity index (χ1n) is 11.5. The molecule has 0 atom stereocenters. The summed E-state index contributed by atoms with van der Waals surface area (Å²) in [6.07, 6.45) is 1.54. The number of benzene rings is 3. The van der Waals surface area contributed by atoms with E-state index in [0.29, 0.717) is 23.6 Å². The minimum absolute atomic E-state index is 0.0486. The molecule has 8 heteroatoms. The molecule has 0 radical (unpaired) electrons. The van der Waals surface area contributed by atoms with Crippen molar-refractivity contribution < 1.29 is 28.4 Å². The SMILES string of the molecule is CCn1cc(CO)c(=O)c2c(F)c(OCc3ccc(OC)cc3)c(OCc3ccc(OC)cc3)cc21. The lowest BCUT2D eigenvalue weighted by atomic mass is 10.1. The fourth-order valence-electron chi connectivity index (χ4n) is 3.89. The molecule has 0 saturated heterocycles. The first kappa shape index (κ1) is 25.1. The third kappa shape index (κ3) is 5.13. The number of nitrogens with zero attached hydrogens (tertiary/aromatic N) is 1. The van der Waals surface area contributed by atoms with Crippen LogP contribution in [0.3, 0.4) is 0 Å². The minimum Gasteiger partial charge on any atom is -0.497 e. The monoisotopic (exact) mass is 493 g/mol. The number of aliphatic hydroxyl groups is 1. The number of hydrogen-bond donors (Lipinski definition) is 1. The fourth-order valence-corrected chi connectivity index (χ4v) is 3.89. The summed E-state index contributed by atoms with van der Waals surface area (Å²) in [6.45, 7) is 2.04. The third-order valence-corrected chi connectivity index (χ3v) is 5.91. The molecular weight excluding hydrogens is 465 g/mol. The smallest absolute Gasteiger partial charge is 0.198 e. The van der Waals surface area contributed by atoms with Crippen molar-refractivity contribution in [2.24, 2.45) is 0 Å². The zero-order valence-electron chi connectivity index (χ0n) is 20.4. The van der Waals surface area contributed by atoms with E-state index in [0.717, 1.165) is 11.1 Å². The summed E-state index contributed by atoms with van der Waals surface area (Å²) in [5.41, 5.74) is 1.52. The van der Waals surface area contributed by atoms with Crippen molar-refractivity contribution in [1.82, 2.24) is 4.57 Å². The maximum atomic E-state index is 15.9. The van der Waals surface area contributed by atoms with Gasteiger partial charge in [0.1, 0.15) is 24.7 Å². The van der Waals surface area contributed by atoms with Gasteiger partial charge in [-0.2, -0.15) is 0 Å². The van der Waals surface area contributed by atoms with Crippen LogP contribution in [0.15, 0.2) is 65.6 Å². The highest BCUT2D eigenvalue weighted by molar-refractivity contribution is 5.84. The Morgan fingerprint density at radius 3 is 1.94 bits per heavy atom. The predicted molar refractivity (Wildman–Crippen MR) is 134 cm³/mol. The van der Waals surface area contributed by atoms with Crippen molar-refractivity contribution in [2.45, 2.75) is 33.3 Å². The van der Waals surface area contributed by atoms with Gasteiger partial charge in [0, 0.05) is 24.4 Å². The number of aromatic nitrogens is 1. The Balaban J connectivity index is 1.76. The average Bonchev–Trinajstić information content (AvgIpc) is 2.92. The van der Waals surface area contributed by atoms with Gasteiger partial charge in [0.15, 0.2) is 22.7 Å². The van der Waals surface area contributed by atoms with E-state index in [1.54, 1.807) is 37.0 Å². The first-order valence-corrected chi connectivity index (χ1v) is 11.5. The number of ether oxygens (including phenoxy) is 4. The van der Waals surface area contributed by atoms with E-state index < -0.39 is 17.9 Å². The van der Waals surface area contributed by atoms with Gasteiger partial charge in [-0.3, -0.25) is 4.79 Å². The van der Waals surface area contributed by atoms with Crippen LogP contribution in [0.25, 0.3) is 10.9 Å². The Kier molecular flexibility index (Phi) is 7.75. The molecule has 36 heavy (non-hydrogen) atoms. The second-order valence-electron chi connectivity index (χ2n) is 8.11. The molecule has 1 N–H and O–H groups in total. The maximum Gasteiger partial charge on any atom is 0.198 e. The number of rotatable bonds is 10. The van der Waals surface area contributed by atoms with Crippen LogP contribution in [0.1, 0.15) is 23.6 Å². The lowest BCUT2D eigenvalue weighted by Gasteiger charge is -2.18. The molecule has 0 spiro atoms. The Morgan fingerprint density at radius 1 is 0.889 bits per heavy atom. The summed E-state index contributed by atoms with van der Waals surface area (Å²) >= 11 is 0. The van der Waals surface area contributed by atoms with E-state index in [9.17, 15) is 9.90 Å². The molecule has 0 amide bonds. The zero-order chi connectivity index (χ0) is 25.7. The number of pyridine rings is 1. The van der Waals surface area contributed by atoms with E-state index in [1.165, 1.54) is 6.20 Å². The summed E-state index contributed by atoms with van der Waals surface area (Å²) in [4.78, 5) is 13.0. The number of aliphatic hydroxyl groups excluding tert-OH is 1. The maximum absolute atomic E-state index is 15.9. The molecule has 0 aliphatic heterocycles. The van der Waals surface area contributed by atoms with Crippen LogP contribution in [0, 0.1) is 5.82 Å². The Bertz CT molecular complexity index is 1400. The third-order valence-electron chi connectivity index (χ3n) is 5.91. The van der Waals surface area contributed by atoms with Gasteiger partial charge in [0.25, 0.3) is 0 Å². The number of aryl methyl sites for hydroxylation is 1. The number of hydrogen-bond acceptors (Lipinski definition) is 6. The van der Waals surface area contributed by atoms with Gasteiger partial charge in [-0.25, -0.2) is 4.39 Å². The van der Waals surface area contributed by atoms with Crippen LogP contribution in [0.5, 0.6) is 23.0 Å². The minimum atomic E-state index is -0.826. The van der Waals surface area contributed by atoms with Crippen LogP contribution in [0.2, 0.25) is 0 Å². The molecule has 0 unspecified atom stereocenters. The van der Waals surface area contributed by atoms with Gasteiger partial charge in [-0.15, -0.1) is 0 Å². The molecular formula is C28H28FNO6. The van der Waals surface area contributed by atoms with Gasteiger partial charge < -0.3 is 28.6 Å². The summed E-state index contributed by atoms with van der Waals surface area (Å²) < 4.78 is 39.9. The van der Waals surface area contributed by atoms with Gasteiger partial charge in [0.05, 0.1) is 31.7 Å². The van der Waals surface area contributed by atoms with Crippen molar-refractivity contribution in [3.05, 3.63) is 93.5 Å². The van der Waals surface area contributed by atoms with Gasteiger partial charge >= 0.3 is 0 Å². The molecule has 4 aromatic rings. The van der Waals surface area contributed by atoms with Gasteiger partial charge in [-0.1, -0.05) is 24.3 Å². The molecule has 0 aliphatic carbocycles. The van der Waals surface area contributed by atoms with Crippen molar-refractivity contribution in [3.8, 4) is 23.0 Å².